The molecule has 0 aliphatic heterocycles. The van der Waals surface area contributed by atoms with Crippen LogP contribution >= 0.6 is 0 Å². The molecule has 0 spiro atoms. The van der Waals surface area contributed by atoms with Gasteiger partial charge in [0.15, 0.2) is 0 Å². The van der Waals surface area contributed by atoms with Crippen molar-refractivity contribution in [2.75, 3.05) is 19.7 Å². The Morgan fingerprint density at radius 1 is 1.05 bits per heavy atom. The van der Waals surface area contributed by atoms with E-state index in [0.717, 1.165) is 12.3 Å². The summed E-state index contributed by atoms with van der Waals surface area (Å²) in [6, 6.07) is 9.61. The van der Waals surface area contributed by atoms with Gasteiger partial charge in [-0.3, -0.25) is 0 Å². The number of ether oxygens (including phenoxy) is 1. The second kappa shape index (κ2) is 11.7. The Balaban J connectivity index is 1.91. The molecule has 0 aliphatic rings. The van der Waals surface area contributed by atoms with Crippen LogP contribution in [0.25, 0.3) is 0 Å². The molecular formula is C17H29NO2. The molecule has 0 amide bonds. The van der Waals surface area contributed by atoms with Gasteiger partial charge in [0.25, 0.3) is 0 Å². The Labute approximate surface area is 123 Å². The Morgan fingerprint density at radius 2 is 1.75 bits per heavy atom. The second-order valence-corrected chi connectivity index (χ2v) is 5.25. The molecule has 2 N–H and O–H groups in total. The third-order valence-electron chi connectivity index (χ3n) is 3.27. The minimum Gasteiger partial charge on any atom is -0.491 e. The minimum atomic E-state index is -0.449. The van der Waals surface area contributed by atoms with Crippen molar-refractivity contribution >= 4 is 0 Å². The van der Waals surface area contributed by atoms with E-state index in [-0.39, 0.29) is 0 Å². The van der Waals surface area contributed by atoms with Gasteiger partial charge in [-0.1, -0.05) is 57.2 Å². The van der Waals surface area contributed by atoms with Crippen LogP contribution in [0.2, 0.25) is 0 Å². The average molecular weight is 279 g/mol. The highest BCUT2D eigenvalue weighted by molar-refractivity contribution is 5.20. The Morgan fingerprint density at radius 3 is 2.50 bits per heavy atom. The second-order valence-electron chi connectivity index (χ2n) is 5.25. The molecule has 1 unspecified atom stereocenters. The first-order valence-corrected chi connectivity index (χ1v) is 7.89. The first kappa shape index (κ1) is 17.0. The Kier molecular flexibility index (Phi) is 9.98. The van der Waals surface area contributed by atoms with E-state index in [0.29, 0.717) is 13.2 Å². The van der Waals surface area contributed by atoms with Crippen LogP contribution in [0.1, 0.15) is 45.4 Å². The summed E-state index contributed by atoms with van der Waals surface area (Å²) < 4.78 is 5.50. The van der Waals surface area contributed by atoms with Gasteiger partial charge in [0, 0.05) is 6.54 Å². The van der Waals surface area contributed by atoms with E-state index in [9.17, 15) is 5.11 Å². The molecule has 1 rings (SSSR count). The van der Waals surface area contributed by atoms with E-state index >= 15 is 0 Å². The quantitative estimate of drug-likeness (QED) is 0.576. The van der Waals surface area contributed by atoms with Gasteiger partial charge in [-0.05, 0) is 25.1 Å². The van der Waals surface area contributed by atoms with Gasteiger partial charge in [0.05, 0.1) is 0 Å². The lowest BCUT2D eigenvalue weighted by molar-refractivity contribution is 0.106. The van der Waals surface area contributed by atoms with Crippen LogP contribution < -0.4 is 10.1 Å². The molecule has 1 atom stereocenters. The van der Waals surface area contributed by atoms with Crippen molar-refractivity contribution < 1.29 is 9.84 Å². The monoisotopic (exact) mass is 279 g/mol. The summed E-state index contributed by atoms with van der Waals surface area (Å²) in [4.78, 5) is 0. The van der Waals surface area contributed by atoms with Crippen molar-refractivity contribution in [3.05, 3.63) is 30.3 Å². The van der Waals surface area contributed by atoms with Crippen molar-refractivity contribution in [1.82, 2.24) is 5.32 Å². The van der Waals surface area contributed by atoms with Gasteiger partial charge >= 0.3 is 0 Å². The van der Waals surface area contributed by atoms with Crippen LogP contribution in [0.4, 0.5) is 0 Å². The maximum Gasteiger partial charge on any atom is 0.119 e. The number of benzene rings is 1. The smallest absolute Gasteiger partial charge is 0.119 e. The molecule has 1 aromatic rings. The topological polar surface area (TPSA) is 41.5 Å². The number of unbranched alkanes of at least 4 members (excludes halogenated alkanes) is 5. The molecule has 0 heterocycles. The van der Waals surface area contributed by atoms with Crippen molar-refractivity contribution in [2.45, 2.75) is 51.6 Å². The average Bonchev–Trinajstić information content (AvgIpc) is 2.49. The minimum absolute atomic E-state index is 0.341. The Bertz CT molecular complexity index is 316. The fourth-order valence-corrected chi connectivity index (χ4v) is 2.07. The fourth-order valence-electron chi connectivity index (χ4n) is 2.07. The summed E-state index contributed by atoms with van der Waals surface area (Å²) in [5.41, 5.74) is 0. The SMILES string of the molecule is CCCCCCCCNCC(O)COc1ccccc1. The number of nitrogens with one attached hydrogen (secondary N) is 1. The predicted octanol–water partition coefficient (Wildman–Crippen LogP) is 3.38. The molecule has 0 aliphatic carbocycles. The molecule has 3 nitrogen and oxygen atoms in total. The van der Waals surface area contributed by atoms with Gasteiger partial charge < -0.3 is 15.2 Å². The normalized spacial score (nSPS) is 12.3. The molecule has 0 saturated carbocycles. The van der Waals surface area contributed by atoms with E-state index in [1.807, 2.05) is 30.3 Å². The maximum absolute atomic E-state index is 9.80. The molecule has 0 radical (unpaired) electrons. The number of hydrogen-bond donors (Lipinski definition) is 2. The van der Waals surface area contributed by atoms with E-state index < -0.39 is 6.10 Å². The zero-order chi connectivity index (χ0) is 14.5. The first-order chi connectivity index (χ1) is 9.83. The lowest BCUT2D eigenvalue weighted by atomic mass is 10.1. The number of rotatable bonds is 12. The van der Waals surface area contributed by atoms with E-state index in [2.05, 4.69) is 12.2 Å². The van der Waals surface area contributed by atoms with Crippen LogP contribution in [-0.4, -0.2) is 30.9 Å². The fraction of sp³-hybridized carbons (Fsp3) is 0.647. The van der Waals surface area contributed by atoms with Gasteiger partial charge in [-0.25, -0.2) is 0 Å². The molecular weight excluding hydrogens is 250 g/mol. The highest BCUT2D eigenvalue weighted by atomic mass is 16.5. The molecule has 0 saturated heterocycles. The summed E-state index contributed by atoms with van der Waals surface area (Å²) in [5.74, 6) is 0.808. The van der Waals surface area contributed by atoms with Gasteiger partial charge in [0.1, 0.15) is 18.5 Å². The van der Waals surface area contributed by atoms with Gasteiger partial charge in [0.2, 0.25) is 0 Å². The van der Waals surface area contributed by atoms with Gasteiger partial charge in [-0.15, -0.1) is 0 Å². The zero-order valence-electron chi connectivity index (χ0n) is 12.7. The molecule has 0 aromatic heterocycles. The van der Waals surface area contributed by atoms with Crippen molar-refractivity contribution in [3.8, 4) is 5.75 Å². The van der Waals surface area contributed by atoms with Gasteiger partial charge in [-0.2, -0.15) is 0 Å². The largest absolute Gasteiger partial charge is 0.491 e. The lowest BCUT2D eigenvalue weighted by Crippen LogP contribution is -2.32. The number of hydrogen-bond acceptors (Lipinski definition) is 3. The highest BCUT2D eigenvalue weighted by Crippen LogP contribution is 2.08. The Hall–Kier alpha value is -1.06. The summed E-state index contributed by atoms with van der Waals surface area (Å²) >= 11 is 0. The number of aliphatic hydroxyl groups excluding tert-OH is 1. The van der Waals surface area contributed by atoms with Crippen LogP contribution in [0, 0.1) is 0 Å². The van der Waals surface area contributed by atoms with Crippen molar-refractivity contribution in [2.24, 2.45) is 0 Å². The maximum atomic E-state index is 9.80. The summed E-state index contributed by atoms with van der Waals surface area (Å²) in [6.07, 6.45) is 7.35. The standard InChI is InChI=1S/C17H29NO2/c1-2-3-4-5-6-10-13-18-14-16(19)15-20-17-11-8-7-9-12-17/h7-9,11-12,16,18-19H,2-6,10,13-15H2,1H3. The summed E-state index contributed by atoms with van der Waals surface area (Å²) in [6.45, 7) is 4.16. The lowest BCUT2D eigenvalue weighted by Gasteiger charge is -2.13. The van der Waals surface area contributed by atoms with Crippen molar-refractivity contribution in [3.63, 3.8) is 0 Å². The summed E-state index contributed by atoms with van der Waals surface area (Å²) in [5, 5.41) is 13.1. The predicted molar refractivity (Wildman–Crippen MR) is 84.2 cm³/mol. The first-order valence-electron chi connectivity index (χ1n) is 7.89. The highest BCUT2D eigenvalue weighted by Gasteiger charge is 2.04. The van der Waals surface area contributed by atoms with Crippen LogP contribution in [0.15, 0.2) is 30.3 Å². The third-order valence-corrected chi connectivity index (χ3v) is 3.27. The van der Waals surface area contributed by atoms with E-state index in [1.54, 1.807) is 0 Å². The van der Waals surface area contributed by atoms with E-state index in [1.165, 1.54) is 38.5 Å². The van der Waals surface area contributed by atoms with E-state index in [4.69, 9.17) is 4.74 Å². The molecule has 1 aromatic carbocycles. The van der Waals surface area contributed by atoms with Crippen molar-refractivity contribution in [1.29, 1.82) is 0 Å². The number of para-hydroxylation sites is 1. The van der Waals surface area contributed by atoms with Crippen LogP contribution in [0.3, 0.4) is 0 Å². The zero-order valence-corrected chi connectivity index (χ0v) is 12.7. The molecule has 0 bridgehead atoms. The van der Waals surface area contributed by atoms with Crippen LogP contribution in [-0.2, 0) is 0 Å². The van der Waals surface area contributed by atoms with Crippen LogP contribution in [0.5, 0.6) is 5.75 Å². The molecule has 114 valence electrons. The molecule has 20 heavy (non-hydrogen) atoms. The third kappa shape index (κ3) is 8.94. The molecule has 0 fully saturated rings. The molecule has 3 heteroatoms. The number of aliphatic hydroxyl groups is 1. The summed E-state index contributed by atoms with van der Waals surface area (Å²) in [7, 11) is 0.